The van der Waals surface area contributed by atoms with Gasteiger partial charge in [-0.15, -0.1) is 0 Å². The van der Waals surface area contributed by atoms with E-state index in [1.54, 1.807) is 6.08 Å². The Balaban J connectivity index is 2.11. The van der Waals surface area contributed by atoms with Crippen LogP contribution >= 0.6 is 0 Å². The summed E-state index contributed by atoms with van der Waals surface area (Å²) in [5.74, 6) is 0. The predicted molar refractivity (Wildman–Crippen MR) is 52.5 cm³/mol. The molecule has 0 bridgehead atoms. The Morgan fingerprint density at radius 3 is 2.77 bits per heavy atom. The molecule has 2 rings (SSSR count). The van der Waals surface area contributed by atoms with Crippen LogP contribution in [0.15, 0.2) is 48.1 Å². The van der Waals surface area contributed by atoms with Gasteiger partial charge in [0.25, 0.3) is 0 Å². The van der Waals surface area contributed by atoms with Gasteiger partial charge in [0.15, 0.2) is 6.10 Å². The average Bonchev–Trinajstić information content (AvgIpc) is 2.67. The maximum absolute atomic E-state index is 5.26. The van der Waals surface area contributed by atoms with E-state index in [0.29, 0.717) is 0 Å². The van der Waals surface area contributed by atoms with E-state index in [2.05, 4.69) is 11.7 Å². The zero-order chi connectivity index (χ0) is 9.10. The van der Waals surface area contributed by atoms with E-state index in [4.69, 9.17) is 4.84 Å². The molecule has 1 aliphatic rings. The topological polar surface area (TPSA) is 21.6 Å². The minimum Gasteiger partial charge on any atom is -0.387 e. The molecule has 1 aromatic carbocycles. The molecule has 0 radical (unpaired) electrons. The zero-order valence-electron chi connectivity index (χ0n) is 7.31. The van der Waals surface area contributed by atoms with Crippen LogP contribution < -0.4 is 0 Å². The number of benzene rings is 1. The lowest BCUT2D eigenvalue weighted by Crippen LogP contribution is -1.97. The Bertz CT molecular complexity index is 329. The highest BCUT2D eigenvalue weighted by Gasteiger charge is 2.20. The highest BCUT2D eigenvalue weighted by atomic mass is 16.6. The fourth-order valence-electron chi connectivity index (χ4n) is 1.36. The fourth-order valence-corrected chi connectivity index (χ4v) is 1.36. The third-order valence-corrected chi connectivity index (χ3v) is 2.10. The van der Waals surface area contributed by atoms with Crippen molar-refractivity contribution in [1.82, 2.24) is 0 Å². The Kier molecular flexibility index (Phi) is 2.13. The first kappa shape index (κ1) is 8.05. The lowest BCUT2D eigenvalue weighted by molar-refractivity contribution is 0.0857. The van der Waals surface area contributed by atoms with E-state index in [0.717, 1.165) is 12.1 Å². The predicted octanol–water partition coefficient (Wildman–Crippen LogP) is 2.69. The monoisotopic (exact) mass is 173 g/mol. The van der Waals surface area contributed by atoms with Crippen LogP contribution in [0.5, 0.6) is 0 Å². The Labute approximate surface area is 77.5 Å². The first-order chi connectivity index (χ1) is 6.40. The summed E-state index contributed by atoms with van der Waals surface area (Å²) >= 11 is 0. The van der Waals surface area contributed by atoms with Gasteiger partial charge in [0, 0.05) is 6.42 Å². The summed E-state index contributed by atoms with van der Waals surface area (Å²) in [4.78, 5) is 5.26. The lowest BCUT2D eigenvalue weighted by atomic mass is 10.1. The van der Waals surface area contributed by atoms with E-state index in [1.807, 2.05) is 30.3 Å². The van der Waals surface area contributed by atoms with E-state index in [-0.39, 0.29) is 6.10 Å². The van der Waals surface area contributed by atoms with Gasteiger partial charge in [-0.25, -0.2) is 0 Å². The summed E-state index contributed by atoms with van der Waals surface area (Å²) < 4.78 is 0. The van der Waals surface area contributed by atoms with Gasteiger partial charge in [-0.1, -0.05) is 42.1 Å². The van der Waals surface area contributed by atoms with Gasteiger partial charge in [-0.05, 0) is 11.6 Å². The highest BCUT2D eigenvalue weighted by Crippen LogP contribution is 2.26. The molecule has 13 heavy (non-hydrogen) atoms. The Morgan fingerprint density at radius 1 is 1.38 bits per heavy atom. The molecule has 0 spiro atoms. The largest absolute Gasteiger partial charge is 0.387 e. The van der Waals surface area contributed by atoms with Gasteiger partial charge < -0.3 is 4.84 Å². The summed E-state index contributed by atoms with van der Waals surface area (Å²) in [5.41, 5.74) is 2.09. The second-order valence-electron chi connectivity index (χ2n) is 3.00. The van der Waals surface area contributed by atoms with Crippen LogP contribution in [0, 0.1) is 0 Å². The molecular weight excluding hydrogens is 162 g/mol. The smallest absolute Gasteiger partial charge is 0.158 e. The van der Waals surface area contributed by atoms with Crippen LogP contribution in [0.2, 0.25) is 0 Å². The summed E-state index contributed by atoms with van der Waals surface area (Å²) in [6.45, 7) is 3.66. The van der Waals surface area contributed by atoms with Crippen molar-refractivity contribution < 1.29 is 4.84 Å². The fraction of sp³-hybridized carbons (Fsp3) is 0.182. The number of nitrogens with zero attached hydrogens (tertiary/aromatic N) is 1. The molecule has 0 fully saturated rings. The van der Waals surface area contributed by atoms with Crippen LogP contribution in [0.1, 0.15) is 18.1 Å². The number of hydrogen-bond donors (Lipinski definition) is 0. The highest BCUT2D eigenvalue weighted by molar-refractivity contribution is 5.95. The maximum atomic E-state index is 5.26. The van der Waals surface area contributed by atoms with Crippen molar-refractivity contribution in [3.63, 3.8) is 0 Å². The third-order valence-electron chi connectivity index (χ3n) is 2.10. The van der Waals surface area contributed by atoms with Gasteiger partial charge in [-0.2, -0.15) is 0 Å². The van der Waals surface area contributed by atoms with Gasteiger partial charge in [0.05, 0.1) is 5.71 Å². The van der Waals surface area contributed by atoms with Crippen molar-refractivity contribution in [1.29, 1.82) is 0 Å². The Hall–Kier alpha value is -1.57. The van der Waals surface area contributed by atoms with Gasteiger partial charge >= 0.3 is 0 Å². The van der Waals surface area contributed by atoms with E-state index in [9.17, 15) is 0 Å². The lowest BCUT2D eigenvalue weighted by Gasteiger charge is -2.06. The van der Waals surface area contributed by atoms with E-state index >= 15 is 0 Å². The molecule has 1 heterocycles. The number of hydrogen-bond acceptors (Lipinski definition) is 2. The molecule has 0 aliphatic carbocycles. The normalized spacial score (nSPS) is 20.6. The summed E-state index contributed by atoms with van der Waals surface area (Å²) in [5, 5.41) is 3.91. The van der Waals surface area contributed by atoms with E-state index in [1.165, 1.54) is 5.56 Å². The molecule has 0 saturated heterocycles. The zero-order valence-corrected chi connectivity index (χ0v) is 7.31. The second kappa shape index (κ2) is 3.44. The van der Waals surface area contributed by atoms with Crippen LogP contribution in [-0.4, -0.2) is 5.71 Å². The molecule has 0 saturated carbocycles. The quantitative estimate of drug-likeness (QED) is 0.673. The van der Waals surface area contributed by atoms with Gasteiger partial charge in [0.1, 0.15) is 0 Å². The third kappa shape index (κ3) is 1.61. The van der Waals surface area contributed by atoms with Crippen LogP contribution in [-0.2, 0) is 4.84 Å². The van der Waals surface area contributed by atoms with Crippen molar-refractivity contribution in [2.24, 2.45) is 5.16 Å². The summed E-state index contributed by atoms with van der Waals surface area (Å²) in [6.07, 6.45) is 2.64. The number of oxime groups is 1. The summed E-state index contributed by atoms with van der Waals surface area (Å²) in [7, 11) is 0. The van der Waals surface area contributed by atoms with Gasteiger partial charge in [-0.3, -0.25) is 0 Å². The van der Waals surface area contributed by atoms with Crippen LogP contribution in [0.4, 0.5) is 0 Å². The van der Waals surface area contributed by atoms with E-state index < -0.39 is 0 Å². The number of allylic oxidation sites excluding steroid dienone is 1. The molecule has 1 atom stereocenters. The van der Waals surface area contributed by atoms with Crippen molar-refractivity contribution in [2.75, 3.05) is 0 Å². The summed E-state index contributed by atoms with van der Waals surface area (Å²) in [6, 6.07) is 10.1. The molecule has 2 nitrogen and oxygen atoms in total. The average molecular weight is 173 g/mol. The Morgan fingerprint density at radius 2 is 2.15 bits per heavy atom. The molecule has 66 valence electrons. The molecule has 1 aliphatic heterocycles. The molecule has 0 N–H and O–H groups in total. The first-order valence-corrected chi connectivity index (χ1v) is 4.30. The molecule has 1 unspecified atom stereocenters. The molecule has 0 amide bonds. The first-order valence-electron chi connectivity index (χ1n) is 4.30. The molecule has 1 aromatic rings. The maximum Gasteiger partial charge on any atom is 0.158 e. The van der Waals surface area contributed by atoms with Crippen LogP contribution in [0.25, 0.3) is 0 Å². The van der Waals surface area contributed by atoms with Gasteiger partial charge in [0.2, 0.25) is 0 Å². The van der Waals surface area contributed by atoms with Crippen molar-refractivity contribution in [3.8, 4) is 0 Å². The minimum absolute atomic E-state index is 0.0780. The van der Waals surface area contributed by atoms with Crippen molar-refractivity contribution in [3.05, 3.63) is 48.6 Å². The van der Waals surface area contributed by atoms with Crippen molar-refractivity contribution >= 4 is 5.71 Å². The minimum atomic E-state index is 0.0780. The number of rotatable bonds is 2. The molecule has 2 heteroatoms. The molecular formula is C11H11NO. The SMILES string of the molecule is C=CC1=NOC(c2ccccc2)C1. The second-order valence-corrected chi connectivity index (χ2v) is 3.00. The van der Waals surface area contributed by atoms with Crippen molar-refractivity contribution in [2.45, 2.75) is 12.5 Å². The standard InChI is InChI=1S/C11H11NO/c1-2-10-8-11(13-12-10)9-6-4-3-5-7-9/h2-7,11H,1,8H2. The van der Waals surface area contributed by atoms with Crippen LogP contribution in [0.3, 0.4) is 0 Å². The molecule has 0 aromatic heterocycles.